The molecule has 0 radical (unpaired) electrons. The molecule has 1 N–H and O–H groups in total. The highest BCUT2D eigenvalue weighted by Gasteiger charge is 2.10. The first-order valence-electron chi connectivity index (χ1n) is 8.69. The summed E-state index contributed by atoms with van der Waals surface area (Å²) in [5.41, 5.74) is 3.01. The number of methoxy groups -OCH3 is 2. The number of amides is 1. The Kier molecular flexibility index (Phi) is 6.10. The Balaban J connectivity index is 1.59. The summed E-state index contributed by atoms with van der Waals surface area (Å²) in [7, 11) is 3.19. The van der Waals surface area contributed by atoms with Crippen LogP contribution in [0.1, 0.15) is 16.7 Å². The largest absolute Gasteiger partial charge is 0.497 e. The van der Waals surface area contributed by atoms with Crippen LogP contribution >= 0.6 is 0 Å². The van der Waals surface area contributed by atoms with Gasteiger partial charge >= 0.3 is 0 Å². The zero-order valence-corrected chi connectivity index (χ0v) is 15.5. The van der Waals surface area contributed by atoms with Crippen molar-refractivity contribution in [3.63, 3.8) is 0 Å². The van der Waals surface area contributed by atoms with Crippen LogP contribution in [0.15, 0.2) is 61.2 Å². The Hall–Kier alpha value is -3.28. The maximum atomic E-state index is 12.4. The second-order valence-corrected chi connectivity index (χ2v) is 6.19. The molecule has 1 amide bonds. The lowest BCUT2D eigenvalue weighted by molar-refractivity contribution is -0.120. The maximum Gasteiger partial charge on any atom is 0.224 e. The first-order valence-corrected chi connectivity index (χ1v) is 8.69. The van der Waals surface area contributed by atoms with Gasteiger partial charge in [0.15, 0.2) is 0 Å². The van der Waals surface area contributed by atoms with E-state index in [-0.39, 0.29) is 12.3 Å². The number of ether oxygens (including phenoxy) is 2. The van der Waals surface area contributed by atoms with Gasteiger partial charge in [-0.2, -0.15) is 0 Å². The van der Waals surface area contributed by atoms with Crippen LogP contribution in [0.4, 0.5) is 0 Å². The number of nitrogens with one attached hydrogen (secondary N) is 1. The van der Waals surface area contributed by atoms with Gasteiger partial charge in [-0.15, -0.1) is 0 Å². The van der Waals surface area contributed by atoms with Crippen molar-refractivity contribution in [2.24, 2.45) is 0 Å². The molecular formula is C21H23N3O3. The molecule has 0 aliphatic heterocycles. The number of hydrogen-bond donors (Lipinski definition) is 1. The third-order valence-corrected chi connectivity index (χ3v) is 4.24. The first kappa shape index (κ1) is 18.5. The van der Waals surface area contributed by atoms with E-state index in [4.69, 9.17) is 9.47 Å². The molecular weight excluding hydrogens is 342 g/mol. The zero-order chi connectivity index (χ0) is 19.1. The molecule has 0 aliphatic carbocycles. The SMILES string of the molecule is COc1ccc(OC)c(CC(=O)NCc2cccc(Cn3ccnc3)c2)c1. The van der Waals surface area contributed by atoms with E-state index in [0.29, 0.717) is 18.0 Å². The van der Waals surface area contributed by atoms with Gasteiger partial charge in [0, 0.05) is 31.0 Å². The smallest absolute Gasteiger partial charge is 0.224 e. The number of carbonyl (C=O) groups excluding carboxylic acids is 1. The standard InChI is InChI=1S/C21H23N3O3/c1-26-19-6-7-20(27-2)18(11-19)12-21(25)23-13-16-4-3-5-17(10-16)14-24-9-8-22-15-24/h3-11,15H,12-14H2,1-2H3,(H,23,25). The lowest BCUT2D eigenvalue weighted by Gasteiger charge is -2.11. The summed E-state index contributed by atoms with van der Waals surface area (Å²) in [6, 6.07) is 13.6. The summed E-state index contributed by atoms with van der Waals surface area (Å²) in [5, 5.41) is 2.97. The van der Waals surface area contributed by atoms with Gasteiger partial charge in [-0.1, -0.05) is 24.3 Å². The highest BCUT2D eigenvalue weighted by Crippen LogP contribution is 2.24. The van der Waals surface area contributed by atoms with E-state index in [9.17, 15) is 4.79 Å². The molecule has 0 saturated heterocycles. The van der Waals surface area contributed by atoms with Crippen molar-refractivity contribution < 1.29 is 14.3 Å². The van der Waals surface area contributed by atoms with Crippen LogP contribution in [0.5, 0.6) is 11.5 Å². The number of nitrogens with zero attached hydrogens (tertiary/aromatic N) is 2. The molecule has 1 aromatic heterocycles. The van der Waals surface area contributed by atoms with Gasteiger partial charge in [-0.3, -0.25) is 4.79 Å². The van der Waals surface area contributed by atoms with Crippen molar-refractivity contribution in [1.29, 1.82) is 0 Å². The summed E-state index contributed by atoms with van der Waals surface area (Å²) in [4.78, 5) is 16.4. The van der Waals surface area contributed by atoms with Crippen LogP contribution in [0, 0.1) is 0 Å². The monoisotopic (exact) mass is 365 g/mol. The number of rotatable bonds is 8. The van der Waals surface area contributed by atoms with Gasteiger partial charge < -0.3 is 19.4 Å². The molecule has 2 aromatic carbocycles. The molecule has 1 heterocycles. The van der Waals surface area contributed by atoms with Gasteiger partial charge in [-0.25, -0.2) is 4.98 Å². The summed E-state index contributed by atoms with van der Waals surface area (Å²) >= 11 is 0. The molecule has 0 atom stereocenters. The topological polar surface area (TPSA) is 65.4 Å². The highest BCUT2D eigenvalue weighted by molar-refractivity contribution is 5.79. The second kappa shape index (κ2) is 8.89. The molecule has 0 fully saturated rings. The van der Waals surface area contributed by atoms with Crippen LogP contribution in [-0.2, 0) is 24.3 Å². The molecule has 6 heteroatoms. The van der Waals surface area contributed by atoms with Crippen molar-refractivity contribution in [2.75, 3.05) is 14.2 Å². The number of aromatic nitrogens is 2. The molecule has 27 heavy (non-hydrogen) atoms. The van der Waals surface area contributed by atoms with Crippen molar-refractivity contribution >= 4 is 5.91 Å². The fourth-order valence-electron chi connectivity index (χ4n) is 2.89. The van der Waals surface area contributed by atoms with Crippen LogP contribution < -0.4 is 14.8 Å². The molecule has 3 rings (SSSR count). The van der Waals surface area contributed by atoms with E-state index in [1.54, 1.807) is 32.8 Å². The summed E-state index contributed by atoms with van der Waals surface area (Å²) < 4.78 is 12.6. The molecule has 140 valence electrons. The van der Waals surface area contributed by atoms with Gasteiger partial charge in [0.25, 0.3) is 0 Å². The van der Waals surface area contributed by atoms with Gasteiger partial charge in [0.2, 0.25) is 5.91 Å². The molecule has 0 spiro atoms. The van der Waals surface area contributed by atoms with E-state index in [1.807, 2.05) is 35.0 Å². The molecule has 0 bridgehead atoms. The highest BCUT2D eigenvalue weighted by atomic mass is 16.5. The van der Waals surface area contributed by atoms with Crippen molar-refractivity contribution in [3.8, 4) is 11.5 Å². The van der Waals surface area contributed by atoms with Gasteiger partial charge in [-0.05, 0) is 29.3 Å². The summed E-state index contributed by atoms with van der Waals surface area (Å²) in [6.07, 6.45) is 5.71. The minimum atomic E-state index is -0.0680. The second-order valence-electron chi connectivity index (χ2n) is 6.19. The minimum absolute atomic E-state index is 0.0680. The zero-order valence-electron chi connectivity index (χ0n) is 15.5. The van der Waals surface area contributed by atoms with E-state index in [1.165, 1.54) is 0 Å². The maximum absolute atomic E-state index is 12.4. The molecule has 0 saturated carbocycles. The summed E-state index contributed by atoms with van der Waals surface area (Å²) in [6.45, 7) is 1.23. The van der Waals surface area contributed by atoms with Crippen molar-refractivity contribution in [1.82, 2.24) is 14.9 Å². The third-order valence-electron chi connectivity index (χ3n) is 4.24. The predicted octanol–water partition coefficient (Wildman–Crippen LogP) is 2.81. The van der Waals surface area contributed by atoms with E-state index < -0.39 is 0 Å². The third kappa shape index (κ3) is 5.10. The Morgan fingerprint density at radius 2 is 1.96 bits per heavy atom. The van der Waals surface area contributed by atoms with Crippen LogP contribution in [0.3, 0.4) is 0 Å². The van der Waals surface area contributed by atoms with Crippen LogP contribution in [-0.4, -0.2) is 29.7 Å². The fraction of sp³-hybridized carbons (Fsp3) is 0.238. The molecule has 3 aromatic rings. The quantitative estimate of drug-likeness (QED) is 0.667. The minimum Gasteiger partial charge on any atom is -0.497 e. The fourth-order valence-corrected chi connectivity index (χ4v) is 2.89. The summed E-state index contributed by atoms with van der Waals surface area (Å²) in [5.74, 6) is 1.31. The Labute approximate surface area is 158 Å². The average molecular weight is 365 g/mol. The molecule has 0 aliphatic rings. The van der Waals surface area contributed by atoms with Crippen LogP contribution in [0.25, 0.3) is 0 Å². The Bertz CT molecular complexity index is 891. The van der Waals surface area contributed by atoms with E-state index in [0.717, 1.165) is 23.2 Å². The number of imidazole rings is 1. The Morgan fingerprint density at radius 3 is 2.70 bits per heavy atom. The lowest BCUT2D eigenvalue weighted by atomic mass is 10.1. The number of hydrogen-bond acceptors (Lipinski definition) is 4. The Morgan fingerprint density at radius 1 is 1.11 bits per heavy atom. The van der Waals surface area contributed by atoms with Crippen LogP contribution in [0.2, 0.25) is 0 Å². The van der Waals surface area contributed by atoms with Gasteiger partial charge in [0.1, 0.15) is 11.5 Å². The first-order chi connectivity index (χ1) is 13.2. The normalized spacial score (nSPS) is 10.4. The van der Waals surface area contributed by atoms with Crippen molar-refractivity contribution in [2.45, 2.75) is 19.5 Å². The lowest BCUT2D eigenvalue weighted by Crippen LogP contribution is -2.24. The van der Waals surface area contributed by atoms with Crippen molar-refractivity contribution in [3.05, 3.63) is 77.9 Å². The number of benzene rings is 2. The average Bonchev–Trinajstić information content (AvgIpc) is 3.19. The predicted molar refractivity (Wildman–Crippen MR) is 103 cm³/mol. The molecule has 6 nitrogen and oxygen atoms in total. The van der Waals surface area contributed by atoms with Gasteiger partial charge in [0.05, 0.1) is 27.0 Å². The van der Waals surface area contributed by atoms with E-state index >= 15 is 0 Å². The molecule has 0 unspecified atom stereocenters. The number of carbonyl (C=O) groups is 1. The van der Waals surface area contributed by atoms with E-state index in [2.05, 4.69) is 22.4 Å².